The molecule has 2 aromatic heterocycles. The molecule has 30 heavy (non-hydrogen) atoms. The molecule has 0 aliphatic carbocycles. The van der Waals surface area contributed by atoms with Crippen LogP contribution in [0.15, 0.2) is 24.3 Å². The van der Waals surface area contributed by atoms with Gasteiger partial charge in [-0.05, 0) is 19.9 Å². The minimum atomic E-state index is -4.67. The number of aryl methyl sites for hydroxylation is 1. The van der Waals surface area contributed by atoms with Gasteiger partial charge in [0.2, 0.25) is 0 Å². The zero-order valence-electron chi connectivity index (χ0n) is 16.2. The number of nitro benzene ring substituents is 1. The van der Waals surface area contributed by atoms with Crippen LogP contribution in [0.2, 0.25) is 0 Å². The van der Waals surface area contributed by atoms with E-state index in [1.807, 2.05) is 9.80 Å². The fourth-order valence-corrected chi connectivity index (χ4v) is 3.64. The molecule has 0 N–H and O–H groups in total. The zero-order valence-corrected chi connectivity index (χ0v) is 16.2. The van der Waals surface area contributed by atoms with Gasteiger partial charge >= 0.3 is 6.18 Å². The molecule has 1 aliphatic heterocycles. The number of hydrogen-bond donors (Lipinski definition) is 0. The summed E-state index contributed by atoms with van der Waals surface area (Å²) in [5.74, 6) is -0.743. The first-order valence-electron chi connectivity index (χ1n) is 9.21. The fourth-order valence-electron chi connectivity index (χ4n) is 3.64. The van der Waals surface area contributed by atoms with E-state index in [2.05, 4.69) is 15.3 Å². The summed E-state index contributed by atoms with van der Waals surface area (Å²) in [4.78, 5) is 14.7. The Bertz CT molecular complexity index is 1120. The summed E-state index contributed by atoms with van der Waals surface area (Å²) in [6, 6.07) is 6.50. The lowest BCUT2D eigenvalue weighted by molar-refractivity contribution is -0.384. The molecule has 0 atom stereocenters. The van der Waals surface area contributed by atoms with Crippen molar-refractivity contribution in [3.8, 4) is 0 Å². The van der Waals surface area contributed by atoms with Crippen LogP contribution in [-0.2, 0) is 6.18 Å². The Balaban J connectivity index is 1.64. The SMILES string of the molecule is Cc1c(N2CCN(c3ccccc3[N+](=O)[O-])CC2)nn2c(C(F)(F)F)nnc2c1C. The van der Waals surface area contributed by atoms with Crippen LogP contribution in [0.4, 0.5) is 30.4 Å². The highest BCUT2D eigenvalue weighted by Gasteiger charge is 2.38. The van der Waals surface area contributed by atoms with E-state index in [0.717, 1.165) is 10.1 Å². The Kier molecular flexibility index (Phi) is 4.71. The normalized spacial score (nSPS) is 15.1. The van der Waals surface area contributed by atoms with Crippen molar-refractivity contribution in [2.45, 2.75) is 20.0 Å². The van der Waals surface area contributed by atoms with E-state index in [1.54, 1.807) is 32.0 Å². The van der Waals surface area contributed by atoms with Crippen LogP contribution in [0.25, 0.3) is 5.65 Å². The Morgan fingerprint density at radius 1 is 1.00 bits per heavy atom. The highest BCUT2D eigenvalue weighted by Crippen LogP contribution is 2.32. The van der Waals surface area contributed by atoms with Gasteiger partial charge in [0.25, 0.3) is 11.5 Å². The summed E-state index contributed by atoms with van der Waals surface area (Å²) < 4.78 is 40.5. The van der Waals surface area contributed by atoms with Gasteiger partial charge in [0.05, 0.1) is 4.92 Å². The average molecular weight is 421 g/mol. The summed E-state index contributed by atoms with van der Waals surface area (Å²) in [6.07, 6.45) is -4.67. The largest absolute Gasteiger partial charge is 0.453 e. The van der Waals surface area contributed by atoms with Crippen molar-refractivity contribution in [1.82, 2.24) is 19.8 Å². The summed E-state index contributed by atoms with van der Waals surface area (Å²) >= 11 is 0. The number of alkyl halides is 3. The van der Waals surface area contributed by atoms with Crippen molar-refractivity contribution in [1.29, 1.82) is 0 Å². The predicted octanol–water partition coefficient (Wildman–Crippen LogP) is 2.99. The van der Waals surface area contributed by atoms with E-state index in [9.17, 15) is 23.3 Å². The Morgan fingerprint density at radius 2 is 1.63 bits per heavy atom. The van der Waals surface area contributed by atoms with Crippen LogP contribution in [-0.4, -0.2) is 50.9 Å². The van der Waals surface area contributed by atoms with Gasteiger partial charge in [-0.1, -0.05) is 12.1 Å². The lowest BCUT2D eigenvalue weighted by atomic mass is 10.1. The Labute approximate surface area is 168 Å². The number of aromatic nitrogens is 4. The van der Waals surface area contributed by atoms with E-state index in [1.165, 1.54) is 6.07 Å². The Morgan fingerprint density at radius 3 is 2.27 bits per heavy atom. The van der Waals surface area contributed by atoms with Crippen molar-refractivity contribution in [2.24, 2.45) is 0 Å². The number of rotatable bonds is 3. The lowest BCUT2D eigenvalue weighted by Gasteiger charge is -2.37. The summed E-state index contributed by atoms with van der Waals surface area (Å²) in [5, 5.41) is 22.4. The van der Waals surface area contributed by atoms with Crippen LogP contribution >= 0.6 is 0 Å². The monoisotopic (exact) mass is 421 g/mol. The topological polar surface area (TPSA) is 92.7 Å². The van der Waals surface area contributed by atoms with Gasteiger partial charge in [0, 0.05) is 43.4 Å². The summed E-state index contributed by atoms with van der Waals surface area (Å²) in [5.41, 5.74) is 1.92. The highest BCUT2D eigenvalue weighted by atomic mass is 19.4. The standard InChI is InChI=1S/C18H18F3N7O2/c1-11-12(2)16(24-27-15(11)22-23-17(27)18(19,20)21)26-9-7-25(8-10-26)13-5-3-4-6-14(13)28(29)30/h3-6H,7-10H2,1-2H3. The van der Waals surface area contributed by atoms with Crippen molar-refractivity contribution < 1.29 is 18.1 Å². The average Bonchev–Trinajstić information content (AvgIpc) is 3.15. The second kappa shape index (κ2) is 7.11. The predicted molar refractivity (Wildman–Crippen MR) is 103 cm³/mol. The van der Waals surface area contributed by atoms with Crippen LogP contribution in [0.1, 0.15) is 17.0 Å². The van der Waals surface area contributed by atoms with E-state index >= 15 is 0 Å². The molecule has 3 aromatic rings. The molecule has 0 amide bonds. The van der Waals surface area contributed by atoms with Crippen molar-refractivity contribution in [3.05, 3.63) is 51.3 Å². The number of piperazine rings is 1. The molecule has 4 rings (SSSR count). The zero-order chi connectivity index (χ0) is 21.6. The molecule has 0 unspecified atom stereocenters. The molecule has 0 radical (unpaired) electrons. The molecular formula is C18H18F3N7O2. The molecule has 3 heterocycles. The third-order valence-corrected chi connectivity index (χ3v) is 5.32. The number of halogens is 3. The summed E-state index contributed by atoms with van der Waals surface area (Å²) in [7, 11) is 0. The van der Waals surface area contributed by atoms with Crippen molar-refractivity contribution in [3.63, 3.8) is 0 Å². The molecule has 1 saturated heterocycles. The molecule has 1 aliphatic rings. The van der Waals surface area contributed by atoms with Gasteiger partial charge in [-0.25, -0.2) is 0 Å². The van der Waals surface area contributed by atoms with Crippen LogP contribution in [0.3, 0.4) is 0 Å². The van der Waals surface area contributed by atoms with E-state index < -0.39 is 16.9 Å². The van der Waals surface area contributed by atoms with Gasteiger partial charge in [-0.15, -0.1) is 15.3 Å². The molecule has 9 nitrogen and oxygen atoms in total. The minimum absolute atomic E-state index is 0.0248. The number of nitro groups is 1. The van der Waals surface area contributed by atoms with Crippen molar-refractivity contribution >= 4 is 22.8 Å². The summed E-state index contributed by atoms with van der Waals surface area (Å²) in [6.45, 7) is 5.32. The van der Waals surface area contributed by atoms with Crippen molar-refractivity contribution in [2.75, 3.05) is 36.0 Å². The minimum Gasteiger partial charge on any atom is -0.362 e. The van der Waals surface area contributed by atoms with Crippen LogP contribution in [0.5, 0.6) is 0 Å². The first-order valence-corrected chi connectivity index (χ1v) is 9.21. The van der Waals surface area contributed by atoms with E-state index in [4.69, 9.17) is 0 Å². The quantitative estimate of drug-likeness (QED) is 0.474. The maximum Gasteiger partial charge on any atom is 0.453 e. The fraction of sp³-hybridized carbons (Fsp3) is 0.389. The first-order chi connectivity index (χ1) is 14.2. The molecule has 0 spiro atoms. The second-order valence-corrected chi connectivity index (χ2v) is 7.05. The first kappa shape index (κ1) is 19.9. The number of nitrogens with zero attached hydrogens (tertiary/aromatic N) is 7. The molecule has 0 bridgehead atoms. The molecule has 0 saturated carbocycles. The molecule has 158 valence electrons. The van der Waals surface area contributed by atoms with Crippen LogP contribution in [0, 0.1) is 24.0 Å². The third-order valence-electron chi connectivity index (χ3n) is 5.32. The molecule has 1 aromatic carbocycles. The Hall–Kier alpha value is -3.44. The van der Waals surface area contributed by atoms with Gasteiger partial charge in [0.15, 0.2) is 11.5 Å². The van der Waals surface area contributed by atoms with E-state index in [0.29, 0.717) is 43.2 Å². The smallest absolute Gasteiger partial charge is 0.362 e. The lowest BCUT2D eigenvalue weighted by Crippen LogP contribution is -2.47. The number of hydrogen-bond acceptors (Lipinski definition) is 7. The highest BCUT2D eigenvalue weighted by molar-refractivity contribution is 5.65. The molecule has 1 fully saturated rings. The molecule has 12 heteroatoms. The maximum atomic E-state index is 13.3. The number of fused-ring (bicyclic) bond motifs is 1. The van der Waals surface area contributed by atoms with Crippen LogP contribution < -0.4 is 9.80 Å². The number of anilines is 2. The third kappa shape index (κ3) is 3.27. The molecular weight excluding hydrogens is 403 g/mol. The second-order valence-electron chi connectivity index (χ2n) is 7.05. The van der Waals surface area contributed by atoms with E-state index in [-0.39, 0.29) is 11.3 Å². The van der Waals surface area contributed by atoms with Gasteiger partial charge in [-0.2, -0.15) is 17.7 Å². The number of para-hydroxylation sites is 2. The van der Waals surface area contributed by atoms with Gasteiger partial charge in [-0.3, -0.25) is 10.1 Å². The van der Waals surface area contributed by atoms with Gasteiger partial charge < -0.3 is 9.80 Å². The van der Waals surface area contributed by atoms with Gasteiger partial charge in [0.1, 0.15) is 5.69 Å². The number of benzene rings is 1. The maximum absolute atomic E-state index is 13.3.